The molecule has 29 heavy (non-hydrogen) atoms. The van der Waals surface area contributed by atoms with Crippen LogP contribution in [-0.4, -0.2) is 31.3 Å². The zero-order chi connectivity index (χ0) is 21.1. The maximum Gasteiger partial charge on any atom is 0.264 e. The number of hydrogen-bond acceptors (Lipinski definition) is 5. The fraction of sp³-hybridized carbons (Fsp3) is 0.400. The Morgan fingerprint density at radius 1 is 1.34 bits per heavy atom. The van der Waals surface area contributed by atoms with E-state index >= 15 is 0 Å². The van der Waals surface area contributed by atoms with Crippen LogP contribution in [0, 0.1) is 4.77 Å². The molecule has 1 aliphatic heterocycles. The zero-order valence-electron chi connectivity index (χ0n) is 16.3. The van der Waals surface area contributed by atoms with E-state index in [1.807, 2.05) is 19.1 Å². The summed E-state index contributed by atoms with van der Waals surface area (Å²) in [5, 5.41) is 17.2. The van der Waals surface area contributed by atoms with E-state index in [1.165, 1.54) is 9.58 Å². The SMILES string of the molecule is CCCCn1c(O)c(C2=NN(C(=O)CC)[C@@H](c3ccc(Cl)cc3)C2)c(=O)[nH]c1=S. The van der Waals surface area contributed by atoms with Gasteiger partial charge in [-0.25, -0.2) is 5.01 Å². The van der Waals surface area contributed by atoms with Crippen molar-refractivity contribution in [3.63, 3.8) is 0 Å². The summed E-state index contributed by atoms with van der Waals surface area (Å²) in [6.45, 7) is 4.26. The number of rotatable bonds is 6. The number of H-pyrrole nitrogens is 1. The van der Waals surface area contributed by atoms with Crippen LogP contribution in [0.2, 0.25) is 5.02 Å². The van der Waals surface area contributed by atoms with Crippen molar-refractivity contribution in [3.8, 4) is 5.88 Å². The molecule has 2 N–H and O–H groups in total. The molecule has 1 atom stereocenters. The number of benzene rings is 1. The second-order valence-electron chi connectivity index (χ2n) is 6.87. The average molecular weight is 435 g/mol. The van der Waals surface area contributed by atoms with Crippen LogP contribution in [-0.2, 0) is 11.3 Å². The molecule has 0 aliphatic carbocycles. The molecule has 2 heterocycles. The Labute approximate surface area is 178 Å². The van der Waals surface area contributed by atoms with Crippen LogP contribution in [0.3, 0.4) is 0 Å². The highest BCUT2D eigenvalue weighted by Gasteiger charge is 2.34. The third kappa shape index (κ3) is 4.28. The highest BCUT2D eigenvalue weighted by molar-refractivity contribution is 7.71. The largest absolute Gasteiger partial charge is 0.494 e. The Kier molecular flexibility index (Phi) is 6.54. The van der Waals surface area contributed by atoms with Crippen molar-refractivity contribution in [2.75, 3.05) is 0 Å². The van der Waals surface area contributed by atoms with Gasteiger partial charge in [0, 0.05) is 24.4 Å². The fourth-order valence-corrected chi connectivity index (χ4v) is 3.74. The Bertz CT molecular complexity index is 1060. The molecule has 3 rings (SSSR count). The number of aromatic hydroxyl groups is 1. The number of hydrogen-bond donors (Lipinski definition) is 2. The van der Waals surface area contributed by atoms with Gasteiger partial charge in [0.05, 0.1) is 11.8 Å². The van der Waals surface area contributed by atoms with E-state index in [9.17, 15) is 14.7 Å². The first-order chi connectivity index (χ1) is 13.9. The molecular weight excluding hydrogens is 412 g/mol. The number of aromatic amines is 1. The van der Waals surface area contributed by atoms with Gasteiger partial charge < -0.3 is 5.11 Å². The van der Waals surface area contributed by atoms with Gasteiger partial charge in [-0.1, -0.05) is 44.0 Å². The van der Waals surface area contributed by atoms with Gasteiger partial charge in [-0.3, -0.25) is 19.1 Å². The lowest BCUT2D eigenvalue weighted by atomic mass is 9.99. The molecular formula is C20H23ClN4O3S. The van der Waals surface area contributed by atoms with Gasteiger partial charge in [0.15, 0.2) is 4.77 Å². The van der Waals surface area contributed by atoms with Crippen molar-refractivity contribution in [2.24, 2.45) is 5.10 Å². The lowest BCUT2D eigenvalue weighted by Gasteiger charge is -2.21. The number of nitrogens with one attached hydrogen (secondary N) is 1. The minimum absolute atomic E-state index is 0.0556. The first-order valence-electron chi connectivity index (χ1n) is 9.58. The van der Waals surface area contributed by atoms with Gasteiger partial charge in [-0.05, 0) is 36.3 Å². The predicted molar refractivity (Wildman–Crippen MR) is 115 cm³/mol. The number of halogens is 1. The second kappa shape index (κ2) is 8.92. The molecule has 1 aliphatic rings. The highest BCUT2D eigenvalue weighted by Crippen LogP contribution is 2.34. The van der Waals surface area contributed by atoms with E-state index in [0.29, 0.717) is 23.7 Å². The lowest BCUT2D eigenvalue weighted by Crippen LogP contribution is -2.26. The molecule has 1 aromatic heterocycles. The minimum Gasteiger partial charge on any atom is -0.494 e. The third-order valence-corrected chi connectivity index (χ3v) is 5.49. The molecule has 0 saturated carbocycles. The molecule has 2 aromatic rings. The summed E-state index contributed by atoms with van der Waals surface area (Å²) in [5.74, 6) is -0.388. The summed E-state index contributed by atoms with van der Waals surface area (Å²) in [7, 11) is 0. The first-order valence-corrected chi connectivity index (χ1v) is 10.4. The van der Waals surface area contributed by atoms with Gasteiger partial charge in [0.2, 0.25) is 11.8 Å². The molecule has 0 radical (unpaired) electrons. The number of aromatic nitrogens is 2. The Morgan fingerprint density at radius 3 is 2.66 bits per heavy atom. The summed E-state index contributed by atoms with van der Waals surface area (Å²) in [6.07, 6.45) is 2.28. The Balaban J connectivity index is 2.07. The van der Waals surface area contributed by atoms with Gasteiger partial charge in [0.1, 0.15) is 5.56 Å². The molecule has 1 amide bonds. The summed E-state index contributed by atoms with van der Waals surface area (Å²) in [6, 6.07) is 6.79. The van der Waals surface area contributed by atoms with Gasteiger partial charge in [0.25, 0.3) is 5.56 Å². The number of nitrogens with zero attached hydrogens (tertiary/aromatic N) is 3. The molecule has 0 fully saturated rings. The van der Waals surface area contributed by atoms with Gasteiger partial charge >= 0.3 is 0 Å². The maximum atomic E-state index is 12.6. The normalized spacial score (nSPS) is 16.2. The quantitative estimate of drug-likeness (QED) is 0.668. The zero-order valence-corrected chi connectivity index (χ0v) is 17.9. The van der Waals surface area contributed by atoms with Crippen LogP contribution >= 0.6 is 23.8 Å². The molecule has 9 heteroatoms. The van der Waals surface area contributed by atoms with E-state index in [2.05, 4.69) is 10.1 Å². The number of hydrazone groups is 1. The molecule has 0 bridgehead atoms. The van der Waals surface area contributed by atoms with E-state index in [1.54, 1.807) is 19.1 Å². The molecule has 0 unspecified atom stereocenters. The van der Waals surface area contributed by atoms with E-state index in [0.717, 1.165) is 18.4 Å². The van der Waals surface area contributed by atoms with Crippen LogP contribution in [0.4, 0.5) is 0 Å². The second-order valence-corrected chi connectivity index (χ2v) is 7.70. The molecule has 0 saturated heterocycles. The van der Waals surface area contributed by atoms with E-state index in [4.69, 9.17) is 23.8 Å². The summed E-state index contributed by atoms with van der Waals surface area (Å²) >= 11 is 11.2. The monoisotopic (exact) mass is 434 g/mol. The van der Waals surface area contributed by atoms with Crippen LogP contribution in [0.5, 0.6) is 5.88 Å². The number of carbonyl (C=O) groups excluding carboxylic acids is 1. The minimum atomic E-state index is -0.514. The summed E-state index contributed by atoms with van der Waals surface area (Å²) in [5.41, 5.74) is 0.745. The van der Waals surface area contributed by atoms with Crippen LogP contribution in [0.1, 0.15) is 56.7 Å². The van der Waals surface area contributed by atoms with Gasteiger partial charge in [-0.2, -0.15) is 5.10 Å². The van der Waals surface area contributed by atoms with Crippen molar-refractivity contribution in [2.45, 2.75) is 52.1 Å². The summed E-state index contributed by atoms with van der Waals surface area (Å²) in [4.78, 5) is 27.7. The number of carbonyl (C=O) groups is 1. The molecule has 1 aromatic carbocycles. The van der Waals surface area contributed by atoms with Crippen molar-refractivity contribution in [1.82, 2.24) is 14.6 Å². The standard InChI is InChI=1S/C20H23ClN4O3S/c1-3-5-10-24-19(28)17(18(27)22-20(24)29)14-11-15(25(23-14)16(26)4-2)12-6-8-13(21)9-7-12/h6-9,15,28H,3-5,10-11H2,1-2H3,(H,22,27,29)/t15-/m1/s1. The van der Waals surface area contributed by atoms with Crippen molar-refractivity contribution in [1.29, 1.82) is 0 Å². The van der Waals surface area contributed by atoms with Gasteiger partial charge in [-0.15, -0.1) is 0 Å². The predicted octanol–water partition coefficient (Wildman–Crippen LogP) is 4.15. The first kappa shape index (κ1) is 21.3. The van der Waals surface area contributed by atoms with Crippen LogP contribution < -0.4 is 5.56 Å². The molecule has 154 valence electrons. The topological polar surface area (TPSA) is 90.7 Å². The maximum absolute atomic E-state index is 12.6. The van der Waals surface area contributed by atoms with E-state index < -0.39 is 5.56 Å². The van der Waals surface area contributed by atoms with E-state index in [-0.39, 0.29) is 34.6 Å². The fourth-order valence-electron chi connectivity index (χ4n) is 3.34. The van der Waals surface area contributed by atoms with Crippen molar-refractivity contribution in [3.05, 3.63) is 55.5 Å². The smallest absolute Gasteiger partial charge is 0.264 e. The lowest BCUT2D eigenvalue weighted by molar-refractivity contribution is -0.132. The summed E-state index contributed by atoms with van der Waals surface area (Å²) < 4.78 is 1.67. The molecule has 0 spiro atoms. The van der Waals surface area contributed by atoms with Crippen molar-refractivity contribution < 1.29 is 9.90 Å². The highest BCUT2D eigenvalue weighted by atomic mass is 35.5. The number of unbranched alkanes of at least 4 members (excludes halogenated alkanes) is 1. The number of amides is 1. The Morgan fingerprint density at radius 2 is 2.03 bits per heavy atom. The van der Waals surface area contributed by atoms with Crippen molar-refractivity contribution >= 4 is 35.4 Å². The molecule has 7 nitrogen and oxygen atoms in total. The average Bonchev–Trinajstić information content (AvgIpc) is 3.12. The third-order valence-electron chi connectivity index (χ3n) is 4.92. The van der Waals surface area contributed by atoms with Crippen LogP contribution in [0.15, 0.2) is 34.2 Å². The Hall–Kier alpha value is -2.45. The van der Waals surface area contributed by atoms with Crippen LogP contribution in [0.25, 0.3) is 0 Å².